The molecule has 3 rings (SSSR count). The molecule has 0 fully saturated rings. The second-order valence-corrected chi connectivity index (χ2v) is 8.08. The first-order valence-corrected chi connectivity index (χ1v) is 11.3. The minimum absolute atomic E-state index is 0.0265. The van der Waals surface area contributed by atoms with Crippen LogP contribution in [0.3, 0.4) is 0 Å². The highest BCUT2D eigenvalue weighted by molar-refractivity contribution is 7.99. The molecule has 0 aliphatic heterocycles. The van der Waals surface area contributed by atoms with Gasteiger partial charge in [0.15, 0.2) is 5.16 Å². The van der Waals surface area contributed by atoms with Crippen molar-refractivity contribution in [3.63, 3.8) is 0 Å². The Morgan fingerprint density at radius 3 is 2.53 bits per heavy atom. The zero-order valence-corrected chi connectivity index (χ0v) is 18.8. The van der Waals surface area contributed by atoms with Crippen molar-refractivity contribution in [2.45, 2.75) is 31.8 Å². The fourth-order valence-electron chi connectivity index (χ4n) is 3.02. The van der Waals surface area contributed by atoms with Crippen molar-refractivity contribution in [1.82, 2.24) is 9.97 Å². The summed E-state index contributed by atoms with van der Waals surface area (Å²) < 4.78 is 5.16. The quantitative estimate of drug-likeness (QED) is 0.290. The molecule has 2 aromatic carbocycles. The van der Waals surface area contributed by atoms with Crippen LogP contribution in [0.25, 0.3) is 0 Å². The molecule has 7 nitrogen and oxygen atoms in total. The van der Waals surface area contributed by atoms with Gasteiger partial charge in [0.25, 0.3) is 5.56 Å². The lowest BCUT2D eigenvalue weighted by molar-refractivity contribution is -0.113. The molecule has 0 bridgehead atoms. The lowest BCUT2D eigenvalue weighted by Gasteiger charge is -2.11. The molecule has 0 saturated carbocycles. The second kappa shape index (κ2) is 11.3. The smallest absolute Gasteiger partial charge is 0.340 e. The van der Waals surface area contributed by atoms with Gasteiger partial charge in [-0.3, -0.25) is 9.59 Å². The topological polar surface area (TPSA) is 101 Å². The molecule has 1 heterocycles. The monoisotopic (exact) mass is 451 g/mol. The van der Waals surface area contributed by atoms with E-state index in [1.54, 1.807) is 31.2 Å². The third-order valence-corrected chi connectivity index (χ3v) is 5.50. The number of ether oxygens (including phenoxy) is 1. The molecule has 0 spiro atoms. The Hall–Kier alpha value is -3.39. The molecule has 8 heteroatoms. The normalized spacial score (nSPS) is 10.6. The van der Waals surface area contributed by atoms with Gasteiger partial charge in [0, 0.05) is 17.7 Å². The maximum Gasteiger partial charge on any atom is 0.340 e. The van der Waals surface area contributed by atoms with Gasteiger partial charge in [0.2, 0.25) is 5.91 Å². The van der Waals surface area contributed by atoms with Crippen LogP contribution in [0.4, 0.5) is 5.69 Å². The van der Waals surface area contributed by atoms with Crippen molar-refractivity contribution in [1.29, 1.82) is 0 Å². The Kier molecular flexibility index (Phi) is 8.21. The largest absolute Gasteiger partial charge is 0.462 e. The molecule has 0 unspecified atom stereocenters. The van der Waals surface area contributed by atoms with E-state index in [2.05, 4.69) is 15.3 Å². The van der Waals surface area contributed by atoms with Crippen LogP contribution in [0, 0.1) is 6.92 Å². The lowest BCUT2D eigenvalue weighted by Crippen LogP contribution is -2.20. The number of hydrogen-bond acceptors (Lipinski definition) is 6. The number of H-pyrrole nitrogens is 1. The molecule has 3 aromatic rings. The summed E-state index contributed by atoms with van der Waals surface area (Å²) in [4.78, 5) is 44.4. The number of para-hydroxylation sites is 1. The number of nitrogens with one attached hydrogen (secondary N) is 2. The number of aromatic nitrogens is 2. The molecule has 0 radical (unpaired) electrons. The fraction of sp³-hybridized carbons (Fsp3) is 0.250. The van der Waals surface area contributed by atoms with Gasteiger partial charge in [-0.05, 0) is 31.0 Å². The van der Waals surface area contributed by atoms with Gasteiger partial charge in [0.1, 0.15) is 0 Å². The van der Waals surface area contributed by atoms with Crippen LogP contribution in [0.2, 0.25) is 0 Å². The van der Waals surface area contributed by atoms with E-state index in [4.69, 9.17) is 4.74 Å². The minimum Gasteiger partial charge on any atom is -0.462 e. The summed E-state index contributed by atoms with van der Waals surface area (Å²) in [7, 11) is 0. The van der Waals surface area contributed by atoms with Gasteiger partial charge in [-0.1, -0.05) is 61.2 Å². The molecular weight excluding hydrogens is 426 g/mol. The number of aromatic amines is 1. The van der Waals surface area contributed by atoms with Gasteiger partial charge in [-0.15, -0.1) is 0 Å². The van der Waals surface area contributed by atoms with Crippen molar-refractivity contribution >= 4 is 29.3 Å². The van der Waals surface area contributed by atoms with E-state index in [1.165, 1.54) is 0 Å². The molecular formula is C24H25N3O4S. The summed E-state index contributed by atoms with van der Waals surface area (Å²) in [6.45, 7) is 4.01. The first-order chi connectivity index (χ1) is 15.5. The Bertz CT molecular complexity index is 1150. The predicted molar refractivity (Wildman–Crippen MR) is 125 cm³/mol. The van der Waals surface area contributed by atoms with Crippen LogP contribution >= 0.6 is 11.8 Å². The number of aryl methyl sites for hydroxylation is 1. The molecule has 166 valence electrons. The van der Waals surface area contributed by atoms with Crippen molar-refractivity contribution in [3.05, 3.63) is 87.3 Å². The van der Waals surface area contributed by atoms with Crippen LogP contribution in [-0.4, -0.2) is 34.2 Å². The molecule has 1 amide bonds. The first-order valence-electron chi connectivity index (χ1n) is 10.3. The van der Waals surface area contributed by atoms with E-state index >= 15 is 0 Å². The highest BCUT2D eigenvalue weighted by Crippen LogP contribution is 2.19. The average molecular weight is 452 g/mol. The van der Waals surface area contributed by atoms with E-state index in [0.717, 1.165) is 17.3 Å². The molecule has 1 aromatic heterocycles. The summed E-state index contributed by atoms with van der Waals surface area (Å²) >= 11 is 1.12. The number of anilines is 1. The number of carbonyl (C=O) groups is 2. The Balaban J connectivity index is 1.63. The number of benzene rings is 2. The Labute approximate surface area is 190 Å². The molecule has 0 saturated heterocycles. The first kappa shape index (κ1) is 23.3. The van der Waals surface area contributed by atoms with Gasteiger partial charge in [-0.2, -0.15) is 0 Å². The Morgan fingerprint density at radius 1 is 1.09 bits per heavy atom. The van der Waals surface area contributed by atoms with Crippen molar-refractivity contribution < 1.29 is 14.3 Å². The Morgan fingerprint density at radius 2 is 1.81 bits per heavy atom. The molecule has 2 N–H and O–H groups in total. The number of nitrogens with zero attached hydrogens (tertiary/aromatic N) is 1. The van der Waals surface area contributed by atoms with Crippen LogP contribution in [0.1, 0.15) is 40.5 Å². The van der Waals surface area contributed by atoms with E-state index in [-0.39, 0.29) is 17.2 Å². The molecule has 0 atom stereocenters. The number of carbonyl (C=O) groups excluding carboxylic acids is 2. The zero-order valence-electron chi connectivity index (χ0n) is 18.0. The lowest BCUT2D eigenvalue weighted by atomic mass is 10.1. The summed E-state index contributed by atoms with van der Waals surface area (Å²) in [6, 6.07) is 16.4. The van der Waals surface area contributed by atoms with Crippen molar-refractivity contribution in [2.24, 2.45) is 0 Å². The van der Waals surface area contributed by atoms with Gasteiger partial charge in [-0.25, -0.2) is 9.78 Å². The van der Waals surface area contributed by atoms with Crippen LogP contribution < -0.4 is 10.9 Å². The van der Waals surface area contributed by atoms with Gasteiger partial charge < -0.3 is 15.0 Å². The second-order valence-electron chi connectivity index (χ2n) is 7.12. The number of esters is 1. The third kappa shape index (κ3) is 6.31. The number of thioether (sulfide) groups is 1. The van der Waals surface area contributed by atoms with Crippen molar-refractivity contribution in [3.8, 4) is 0 Å². The SMILES string of the molecule is CCCOC(=O)c1ccccc1NC(=O)CSc1nc(C)c(Cc2ccccc2)c(=O)[nH]1. The van der Waals surface area contributed by atoms with Crippen LogP contribution in [0.15, 0.2) is 64.5 Å². The molecule has 32 heavy (non-hydrogen) atoms. The van der Waals surface area contributed by atoms with E-state index in [9.17, 15) is 14.4 Å². The standard InChI is InChI=1S/C24H25N3O4S/c1-3-13-31-23(30)18-11-7-8-12-20(18)26-21(28)15-32-24-25-16(2)19(22(29)27-24)14-17-9-5-4-6-10-17/h4-12H,3,13-15H2,1-2H3,(H,26,28)(H,25,27,29). The summed E-state index contributed by atoms with van der Waals surface area (Å²) in [5, 5.41) is 3.10. The average Bonchev–Trinajstić information content (AvgIpc) is 2.79. The van der Waals surface area contributed by atoms with E-state index in [0.29, 0.717) is 47.1 Å². The fourth-order valence-corrected chi connectivity index (χ4v) is 3.73. The number of rotatable bonds is 9. The minimum atomic E-state index is -0.481. The summed E-state index contributed by atoms with van der Waals surface area (Å²) in [5.74, 6) is -0.774. The van der Waals surface area contributed by atoms with Gasteiger partial charge >= 0.3 is 5.97 Å². The summed E-state index contributed by atoms with van der Waals surface area (Å²) in [6.07, 6.45) is 1.21. The van der Waals surface area contributed by atoms with Crippen LogP contribution in [-0.2, 0) is 16.0 Å². The zero-order chi connectivity index (χ0) is 22.9. The summed E-state index contributed by atoms with van der Waals surface area (Å²) in [5.41, 5.74) is 2.73. The maximum absolute atomic E-state index is 12.5. The van der Waals surface area contributed by atoms with E-state index < -0.39 is 5.97 Å². The van der Waals surface area contributed by atoms with E-state index in [1.807, 2.05) is 37.3 Å². The van der Waals surface area contributed by atoms with Crippen molar-refractivity contribution in [2.75, 3.05) is 17.7 Å². The van der Waals surface area contributed by atoms with Crippen LogP contribution in [0.5, 0.6) is 0 Å². The number of amides is 1. The predicted octanol–water partition coefficient (Wildman–Crippen LogP) is 3.97. The van der Waals surface area contributed by atoms with Gasteiger partial charge in [0.05, 0.1) is 23.6 Å². The highest BCUT2D eigenvalue weighted by Gasteiger charge is 2.15. The molecule has 0 aliphatic rings. The number of hydrogen-bond donors (Lipinski definition) is 2. The highest BCUT2D eigenvalue weighted by atomic mass is 32.2. The third-order valence-electron chi connectivity index (χ3n) is 4.62. The maximum atomic E-state index is 12.5. The molecule has 0 aliphatic carbocycles.